The lowest BCUT2D eigenvalue weighted by Gasteiger charge is -2.27. The topological polar surface area (TPSA) is 3.24 Å². The van der Waals surface area contributed by atoms with Gasteiger partial charge in [-0.05, 0) is 85.4 Å². The quantitative estimate of drug-likeness (QED) is 0.174. The number of hydrogen-bond donors (Lipinski definition) is 0. The molecule has 1 heterocycles. The van der Waals surface area contributed by atoms with Gasteiger partial charge in [0.1, 0.15) is 0 Å². The first-order chi connectivity index (χ1) is 23.4. The first-order valence-electron chi connectivity index (χ1n) is 16.7. The van der Waals surface area contributed by atoms with Gasteiger partial charge in [-0.2, -0.15) is 0 Å². The summed E-state index contributed by atoms with van der Waals surface area (Å²) in [5.74, 6) is 0. The van der Waals surface area contributed by atoms with E-state index in [2.05, 4.69) is 183 Å². The van der Waals surface area contributed by atoms with Crippen molar-refractivity contribution in [1.82, 2.24) is 0 Å². The van der Waals surface area contributed by atoms with E-state index in [1.54, 1.807) is 0 Å². The van der Waals surface area contributed by atoms with Crippen molar-refractivity contribution in [3.63, 3.8) is 0 Å². The number of thiophene rings is 1. The summed E-state index contributed by atoms with van der Waals surface area (Å²) in [7, 11) is 0. The number of hydrogen-bond acceptors (Lipinski definition) is 2. The average molecular weight is 634 g/mol. The van der Waals surface area contributed by atoms with Gasteiger partial charge in [0.05, 0.1) is 0 Å². The van der Waals surface area contributed by atoms with Gasteiger partial charge in [-0.3, -0.25) is 0 Å². The molecule has 9 rings (SSSR count). The average Bonchev–Trinajstić information content (AvgIpc) is 3.53. The lowest BCUT2D eigenvalue weighted by atomic mass is 9.87. The molecule has 0 fully saturated rings. The Bertz CT molecular complexity index is 2640. The van der Waals surface area contributed by atoms with E-state index in [4.69, 9.17) is 0 Å². The second-order valence-electron chi connectivity index (χ2n) is 13.8. The molecule has 9 aromatic rings. The number of anilines is 3. The molecule has 0 saturated heterocycles. The lowest BCUT2D eigenvalue weighted by molar-refractivity contribution is 0.590. The van der Waals surface area contributed by atoms with Crippen LogP contribution < -0.4 is 4.90 Å². The third-order valence-corrected chi connectivity index (χ3v) is 11.1. The van der Waals surface area contributed by atoms with Crippen LogP contribution in [-0.4, -0.2) is 0 Å². The number of nitrogens with zero attached hydrogens (tertiary/aromatic N) is 1. The second-order valence-corrected chi connectivity index (χ2v) is 14.8. The molecular formula is C46H35NS. The van der Waals surface area contributed by atoms with Gasteiger partial charge in [-0.1, -0.05) is 142 Å². The minimum Gasteiger partial charge on any atom is -0.310 e. The maximum Gasteiger partial charge on any atom is 0.0468 e. The SMILES string of the molecule is CC(C)(C)c1ccc(N(c2ccc(-c3cccc4c3sc3c5ccccc5c5ccccc5c43)cc2)c2ccc3ccccc3c2)cc1. The molecule has 0 aliphatic carbocycles. The molecule has 0 saturated carbocycles. The first kappa shape index (κ1) is 28.8. The number of fused-ring (bicyclic) bond motifs is 9. The third kappa shape index (κ3) is 4.67. The van der Waals surface area contributed by atoms with Gasteiger partial charge in [0.2, 0.25) is 0 Å². The Morgan fingerprint density at radius 1 is 0.438 bits per heavy atom. The van der Waals surface area contributed by atoms with Crippen molar-refractivity contribution in [2.45, 2.75) is 26.2 Å². The maximum atomic E-state index is 2.38. The molecule has 0 bridgehead atoms. The summed E-state index contributed by atoms with van der Waals surface area (Å²) in [5, 5.41) is 10.5. The Labute approximate surface area is 285 Å². The number of benzene rings is 8. The van der Waals surface area contributed by atoms with E-state index < -0.39 is 0 Å². The molecule has 0 radical (unpaired) electrons. The van der Waals surface area contributed by atoms with Crippen LogP contribution >= 0.6 is 11.3 Å². The highest BCUT2D eigenvalue weighted by Gasteiger charge is 2.19. The van der Waals surface area contributed by atoms with Crippen LogP contribution in [0.4, 0.5) is 17.1 Å². The summed E-state index contributed by atoms with van der Waals surface area (Å²) in [6.45, 7) is 6.80. The molecule has 8 aromatic carbocycles. The summed E-state index contributed by atoms with van der Waals surface area (Å²) >= 11 is 1.93. The first-order valence-corrected chi connectivity index (χ1v) is 17.5. The fraction of sp³-hybridized carbons (Fsp3) is 0.0870. The van der Waals surface area contributed by atoms with Crippen molar-refractivity contribution in [1.29, 1.82) is 0 Å². The second kappa shape index (κ2) is 11.1. The van der Waals surface area contributed by atoms with Crippen LogP contribution in [-0.2, 0) is 5.41 Å². The fourth-order valence-electron chi connectivity index (χ4n) is 7.32. The molecule has 1 aromatic heterocycles. The Hall–Kier alpha value is -5.44. The minimum atomic E-state index is 0.0974. The molecule has 0 unspecified atom stereocenters. The van der Waals surface area contributed by atoms with Gasteiger partial charge in [0.25, 0.3) is 0 Å². The lowest BCUT2D eigenvalue weighted by Crippen LogP contribution is -2.13. The van der Waals surface area contributed by atoms with Crippen molar-refractivity contribution in [2.24, 2.45) is 0 Å². The summed E-state index contributed by atoms with van der Waals surface area (Å²) in [4.78, 5) is 2.38. The monoisotopic (exact) mass is 633 g/mol. The van der Waals surface area contributed by atoms with Crippen molar-refractivity contribution in [2.75, 3.05) is 4.90 Å². The molecule has 1 nitrogen and oxygen atoms in total. The molecule has 0 aliphatic heterocycles. The van der Waals surface area contributed by atoms with E-state index in [9.17, 15) is 0 Å². The summed E-state index contributed by atoms with van der Waals surface area (Å²) in [5.41, 5.74) is 7.37. The largest absolute Gasteiger partial charge is 0.310 e. The third-order valence-electron chi connectivity index (χ3n) is 9.79. The normalized spacial score (nSPS) is 12.1. The van der Waals surface area contributed by atoms with Crippen LogP contribution in [0.1, 0.15) is 26.3 Å². The molecule has 2 heteroatoms. The van der Waals surface area contributed by atoms with Crippen LogP contribution in [0.3, 0.4) is 0 Å². The predicted molar refractivity (Wildman–Crippen MR) is 211 cm³/mol. The van der Waals surface area contributed by atoms with Crippen LogP contribution in [0.25, 0.3) is 63.6 Å². The predicted octanol–water partition coefficient (Wildman–Crippen LogP) is 13.9. The Balaban J connectivity index is 1.19. The van der Waals surface area contributed by atoms with Gasteiger partial charge in [-0.15, -0.1) is 11.3 Å². The van der Waals surface area contributed by atoms with E-state index in [0.717, 1.165) is 17.1 Å². The molecular weight excluding hydrogens is 599 g/mol. The van der Waals surface area contributed by atoms with Gasteiger partial charge < -0.3 is 4.90 Å². The molecule has 230 valence electrons. The molecule has 0 aliphatic rings. The zero-order valence-corrected chi connectivity index (χ0v) is 28.2. The van der Waals surface area contributed by atoms with Crippen LogP contribution in [0.5, 0.6) is 0 Å². The van der Waals surface area contributed by atoms with Crippen molar-refractivity contribution in [3.8, 4) is 11.1 Å². The highest BCUT2D eigenvalue weighted by Crippen LogP contribution is 2.47. The fourth-order valence-corrected chi connectivity index (χ4v) is 8.71. The van der Waals surface area contributed by atoms with E-state index in [1.165, 1.54) is 69.2 Å². The van der Waals surface area contributed by atoms with Gasteiger partial charge in [0.15, 0.2) is 0 Å². The van der Waals surface area contributed by atoms with Gasteiger partial charge >= 0.3 is 0 Å². The minimum absolute atomic E-state index is 0.0974. The zero-order chi connectivity index (χ0) is 32.4. The van der Waals surface area contributed by atoms with E-state index in [0.29, 0.717) is 0 Å². The Morgan fingerprint density at radius 3 is 1.71 bits per heavy atom. The van der Waals surface area contributed by atoms with Crippen molar-refractivity contribution < 1.29 is 0 Å². The van der Waals surface area contributed by atoms with Crippen molar-refractivity contribution in [3.05, 3.63) is 163 Å². The summed E-state index contributed by atoms with van der Waals surface area (Å²) in [6, 6.07) is 58.1. The summed E-state index contributed by atoms with van der Waals surface area (Å²) < 4.78 is 2.70. The molecule has 0 spiro atoms. The van der Waals surface area contributed by atoms with E-state index in [1.807, 2.05) is 11.3 Å². The highest BCUT2D eigenvalue weighted by molar-refractivity contribution is 7.27. The smallest absolute Gasteiger partial charge is 0.0468 e. The highest BCUT2D eigenvalue weighted by atomic mass is 32.1. The van der Waals surface area contributed by atoms with Crippen LogP contribution in [0.15, 0.2) is 158 Å². The Morgan fingerprint density at radius 2 is 1.00 bits per heavy atom. The molecule has 48 heavy (non-hydrogen) atoms. The van der Waals surface area contributed by atoms with Crippen LogP contribution in [0.2, 0.25) is 0 Å². The zero-order valence-electron chi connectivity index (χ0n) is 27.4. The Kier molecular flexibility index (Phi) is 6.64. The maximum absolute atomic E-state index is 2.38. The molecule has 0 N–H and O–H groups in total. The standard InChI is InChI=1S/C46H35NS/c1-46(2,3)33-22-27-35(28-23-33)47(36-26-19-30-11-4-5-12-32(30)29-36)34-24-20-31(21-25-34)37-17-10-18-42-43-40-15-8-6-13-38(40)39-14-7-9-16-41(39)45(43)48-44(37)42/h4-29H,1-3H3. The van der Waals surface area contributed by atoms with E-state index in [-0.39, 0.29) is 5.41 Å². The van der Waals surface area contributed by atoms with Gasteiger partial charge in [0, 0.05) is 42.6 Å². The molecule has 0 amide bonds. The molecule has 0 atom stereocenters. The van der Waals surface area contributed by atoms with Crippen LogP contribution in [0, 0.1) is 0 Å². The van der Waals surface area contributed by atoms with Gasteiger partial charge in [-0.25, -0.2) is 0 Å². The van der Waals surface area contributed by atoms with Crippen molar-refractivity contribution >= 4 is 80.9 Å². The number of rotatable bonds is 4. The van der Waals surface area contributed by atoms with E-state index >= 15 is 0 Å². The summed E-state index contributed by atoms with van der Waals surface area (Å²) in [6.07, 6.45) is 0.